The lowest BCUT2D eigenvalue weighted by atomic mass is 10.2. The molecule has 28 heavy (non-hydrogen) atoms. The summed E-state index contributed by atoms with van der Waals surface area (Å²) in [6.07, 6.45) is 4.04. The normalized spacial score (nSPS) is 10.8. The van der Waals surface area contributed by atoms with E-state index in [9.17, 15) is 19.7 Å². The number of benzene rings is 1. The lowest BCUT2D eigenvalue weighted by Gasteiger charge is -2.18. The number of hydrogen-bond acceptors (Lipinski definition) is 8. The SMILES string of the molecule is COCCN(Cc1nc(C(=O)OC)co1)C(=O)C=Cc1ccc([N+](=O)[O-])cc1. The van der Waals surface area contributed by atoms with Crippen molar-refractivity contribution >= 4 is 23.6 Å². The minimum absolute atomic E-state index is 0.0121. The Morgan fingerprint density at radius 3 is 2.61 bits per heavy atom. The fourth-order valence-corrected chi connectivity index (χ4v) is 2.19. The number of hydrogen-bond donors (Lipinski definition) is 0. The van der Waals surface area contributed by atoms with Crippen molar-refractivity contribution in [1.82, 2.24) is 9.88 Å². The minimum Gasteiger partial charge on any atom is -0.464 e. The summed E-state index contributed by atoms with van der Waals surface area (Å²) in [7, 11) is 2.74. The number of esters is 1. The average Bonchev–Trinajstić information content (AvgIpc) is 3.17. The molecule has 2 rings (SSSR count). The molecule has 0 saturated heterocycles. The van der Waals surface area contributed by atoms with E-state index in [1.165, 1.54) is 49.5 Å². The Kier molecular flexibility index (Phi) is 7.40. The van der Waals surface area contributed by atoms with E-state index in [1.54, 1.807) is 6.08 Å². The highest BCUT2D eigenvalue weighted by Crippen LogP contribution is 2.13. The van der Waals surface area contributed by atoms with Crippen LogP contribution < -0.4 is 0 Å². The van der Waals surface area contributed by atoms with Crippen molar-refractivity contribution in [2.24, 2.45) is 0 Å². The van der Waals surface area contributed by atoms with Crippen LogP contribution in [0, 0.1) is 10.1 Å². The van der Waals surface area contributed by atoms with Gasteiger partial charge in [-0.15, -0.1) is 0 Å². The summed E-state index contributed by atoms with van der Waals surface area (Å²) in [5.41, 5.74) is 0.614. The molecule has 0 spiro atoms. The lowest BCUT2D eigenvalue weighted by molar-refractivity contribution is -0.384. The molecule has 0 saturated carbocycles. The smallest absolute Gasteiger partial charge is 0.360 e. The number of nitrogens with zero attached hydrogens (tertiary/aromatic N) is 3. The van der Waals surface area contributed by atoms with Gasteiger partial charge in [0.15, 0.2) is 5.69 Å². The van der Waals surface area contributed by atoms with Crippen LogP contribution in [0.3, 0.4) is 0 Å². The molecule has 0 bridgehead atoms. The van der Waals surface area contributed by atoms with Crippen LogP contribution in [0.1, 0.15) is 21.9 Å². The zero-order valence-electron chi connectivity index (χ0n) is 15.4. The molecule has 2 aromatic rings. The number of nitro groups is 1. The van der Waals surface area contributed by atoms with Gasteiger partial charge in [0, 0.05) is 31.9 Å². The molecule has 0 fully saturated rings. The summed E-state index contributed by atoms with van der Waals surface area (Å²) >= 11 is 0. The van der Waals surface area contributed by atoms with Crippen LogP contribution in [-0.2, 0) is 20.8 Å². The number of aromatic nitrogens is 1. The minimum atomic E-state index is -0.636. The van der Waals surface area contributed by atoms with Gasteiger partial charge in [-0.3, -0.25) is 14.9 Å². The van der Waals surface area contributed by atoms with E-state index in [0.717, 1.165) is 6.26 Å². The standard InChI is InChI=1S/C18H19N3O7/c1-26-10-9-20(11-16-19-15(12-28-16)18(23)27-2)17(22)8-5-13-3-6-14(7-4-13)21(24)25/h3-8,12H,9-11H2,1-2H3. The van der Waals surface area contributed by atoms with Gasteiger partial charge >= 0.3 is 5.97 Å². The highest BCUT2D eigenvalue weighted by atomic mass is 16.6. The Bertz CT molecular complexity index is 858. The van der Waals surface area contributed by atoms with Gasteiger partial charge in [-0.2, -0.15) is 0 Å². The topological polar surface area (TPSA) is 125 Å². The van der Waals surface area contributed by atoms with E-state index in [1.807, 2.05) is 0 Å². The molecule has 0 N–H and O–H groups in total. The molecule has 0 unspecified atom stereocenters. The zero-order valence-corrected chi connectivity index (χ0v) is 15.4. The fourth-order valence-electron chi connectivity index (χ4n) is 2.19. The van der Waals surface area contributed by atoms with Crippen LogP contribution in [0.2, 0.25) is 0 Å². The van der Waals surface area contributed by atoms with Gasteiger partial charge in [0.25, 0.3) is 5.69 Å². The molecule has 1 heterocycles. The molecular formula is C18H19N3O7. The number of carbonyl (C=O) groups excluding carboxylic acids is 2. The second kappa shape index (κ2) is 9.97. The molecule has 1 amide bonds. The number of methoxy groups -OCH3 is 2. The quantitative estimate of drug-likeness (QED) is 0.276. The molecule has 0 aliphatic rings. The van der Waals surface area contributed by atoms with Crippen LogP contribution in [0.25, 0.3) is 6.08 Å². The monoisotopic (exact) mass is 389 g/mol. The third kappa shape index (κ3) is 5.74. The van der Waals surface area contributed by atoms with Gasteiger partial charge < -0.3 is 18.8 Å². The first-order valence-electron chi connectivity index (χ1n) is 8.17. The van der Waals surface area contributed by atoms with Crippen molar-refractivity contribution in [1.29, 1.82) is 0 Å². The van der Waals surface area contributed by atoms with Gasteiger partial charge in [-0.05, 0) is 23.8 Å². The number of ether oxygens (including phenoxy) is 2. The second-order valence-corrected chi connectivity index (χ2v) is 5.55. The molecule has 1 aromatic carbocycles. The maximum atomic E-state index is 12.5. The van der Waals surface area contributed by atoms with Crippen LogP contribution in [-0.4, -0.2) is 54.1 Å². The Morgan fingerprint density at radius 2 is 2.00 bits per heavy atom. The van der Waals surface area contributed by atoms with Crippen molar-refractivity contribution in [3.8, 4) is 0 Å². The van der Waals surface area contributed by atoms with Crippen molar-refractivity contribution in [3.05, 3.63) is 63.9 Å². The number of carbonyl (C=O) groups is 2. The van der Waals surface area contributed by atoms with Gasteiger partial charge in [0.05, 0.1) is 25.2 Å². The first-order chi connectivity index (χ1) is 13.4. The summed E-state index contributed by atoms with van der Waals surface area (Å²) in [6.45, 7) is 0.599. The summed E-state index contributed by atoms with van der Waals surface area (Å²) < 4.78 is 14.8. The molecule has 0 radical (unpaired) electrons. The van der Waals surface area contributed by atoms with E-state index >= 15 is 0 Å². The highest BCUT2D eigenvalue weighted by Gasteiger charge is 2.17. The van der Waals surface area contributed by atoms with Gasteiger partial charge in [-0.25, -0.2) is 9.78 Å². The molecule has 10 nitrogen and oxygen atoms in total. The van der Waals surface area contributed by atoms with Crippen LogP contribution in [0.5, 0.6) is 0 Å². The fraction of sp³-hybridized carbons (Fsp3) is 0.278. The van der Waals surface area contributed by atoms with E-state index in [-0.39, 0.29) is 36.3 Å². The number of oxazole rings is 1. The molecule has 0 atom stereocenters. The third-order valence-electron chi connectivity index (χ3n) is 3.67. The maximum Gasteiger partial charge on any atom is 0.360 e. The Hall–Kier alpha value is -3.53. The third-order valence-corrected chi connectivity index (χ3v) is 3.67. The van der Waals surface area contributed by atoms with Gasteiger partial charge in [0.2, 0.25) is 11.8 Å². The van der Waals surface area contributed by atoms with Crippen molar-refractivity contribution in [2.75, 3.05) is 27.4 Å². The highest BCUT2D eigenvalue weighted by molar-refractivity contribution is 5.91. The van der Waals surface area contributed by atoms with E-state index < -0.39 is 10.9 Å². The Balaban J connectivity index is 2.08. The molecule has 0 aliphatic carbocycles. The summed E-state index contributed by atoms with van der Waals surface area (Å²) in [6, 6.07) is 5.79. The lowest BCUT2D eigenvalue weighted by Crippen LogP contribution is -2.32. The predicted octanol–water partition coefficient (Wildman–Crippen LogP) is 2.06. The second-order valence-electron chi connectivity index (χ2n) is 5.55. The molecular weight excluding hydrogens is 370 g/mol. The van der Waals surface area contributed by atoms with Crippen molar-refractivity contribution in [2.45, 2.75) is 6.54 Å². The van der Waals surface area contributed by atoms with Gasteiger partial charge in [0.1, 0.15) is 6.26 Å². The largest absolute Gasteiger partial charge is 0.464 e. The van der Waals surface area contributed by atoms with Crippen LogP contribution in [0.15, 0.2) is 41.0 Å². The maximum absolute atomic E-state index is 12.5. The van der Waals surface area contributed by atoms with E-state index in [0.29, 0.717) is 12.2 Å². The van der Waals surface area contributed by atoms with E-state index in [4.69, 9.17) is 9.15 Å². The van der Waals surface area contributed by atoms with Gasteiger partial charge in [-0.1, -0.05) is 0 Å². The first-order valence-corrected chi connectivity index (χ1v) is 8.17. The summed E-state index contributed by atoms with van der Waals surface area (Å²) in [5.74, 6) is -0.801. The van der Waals surface area contributed by atoms with Crippen LogP contribution in [0.4, 0.5) is 5.69 Å². The average molecular weight is 389 g/mol. The first kappa shape index (κ1) is 20.8. The van der Waals surface area contributed by atoms with Crippen molar-refractivity contribution in [3.63, 3.8) is 0 Å². The molecule has 1 aromatic heterocycles. The Labute approximate surface area is 160 Å². The summed E-state index contributed by atoms with van der Waals surface area (Å²) in [5, 5.41) is 10.7. The number of non-ortho nitro benzene ring substituents is 1. The molecule has 148 valence electrons. The summed E-state index contributed by atoms with van der Waals surface area (Å²) in [4.78, 5) is 39.6. The van der Waals surface area contributed by atoms with Crippen LogP contribution >= 0.6 is 0 Å². The molecule has 0 aliphatic heterocycles. The number of nitro benzene ring substituents is 1. The van der Waals surface area contributed by atoms with E-state index in [2.05, 4.69) is 9.72 Å². The van der Waals surface area contributed by atoms with Crippen molar-refractivity contribution < 1.29 is 28.4 Å². The number of rotatable bonds is 9. The zero-order chi connectivity index (χ0) is 20.5. The predicted molar refractivity (Wildman–Crippen MR) is 97.3 cm³/mol. The Morgan fingerprint density at radius 1 is 1.29 bits per heavy atom. The number of amides is 1. The molecule has 10 heteroatoms.